The first-order chi connectivity index (χ1) is 15.4. The number of amides is 4. The van der Waals surface area contributed by atoms with Gasteiger partial charge in [-0.3, -0.25) is 14.5 Å². The lowest BCUT2D eigenvalue weighted by molar-refractivity contribution is -0.134. The number of urea groups is 1. The van der Waals surface area contributed by atoms with E-state index in [2.05, 4.69) is 15.5 Å². The maximum atomic E-state index is 12.9. The topological polar surface area (TPSA) is 109 Å². The van der Waals surface area contributed by atoms with Gasteiger partial charge in [0.05, 0.1) is 17.1 Å². The van der Waals surface area contributed by atoms with Crippen LogP contribution < -0.4 is 5.32 Å². The SMILES string of the molecule is CCCN(Cc1nnc(-c2ccccc2Cl)o1)C(=O)CCN1C(=O)NC2(CCCC2)C1=O. The summed E-state index contributed by atoms with van der Waals surface area (Å²) in [6, 6.07) is 6.74. The third-order valence-corrected chi connectivity index (χ3v) is 6.33. The van der Waals surface area contributed by atoms with E-state index in [1.165, 1.54) is 4.90 Å². The molecule has 0 unspecified atom stereocenters. The minimum absolute atomic E-state index is 0.0424. The van der Waals surface area contributed by atoms with E-state index in [0.29, 0.717) is 35.9 Å². The van der Waals surface area contributed by atoms with Crippen LogP contribution in [-0.4, -0.2) is 56.5 Å². The van der Waals surface area contributed by atoms with Crippen LogP contribution in [0.3, 0.4) is 0 Å². The molecule has 1 saturated heterocycles. The maximum Gasteiger partial charge on any atom is 0.325 e. The molecule has 0 radical (unpaired) electrons. The number of carbonyl (C=O) groups is 3. The minimum Gasteiger partial charge on any atom is -0.419 e. The van der Waals surface area contributed by atoms with Gasteiger partial charge in [-0.05, 0) is 31.4 Å². The van der Waals surface area contributed by atoms with Gasteiger partial charge in [0.2, 0.25) is 17.7 Å². The lowest BCUT2D eigenvalue weighted by Crippen LogP contribution is -2.44. The van der Waals surface area contributed by atoms with E-state index < -0.39 is 11.6 Å². The fraction of sp³-hybridized carbons (Fsp3) is 0.500. The fourth-order valence-electron chi connectivity index (χ4n) is 4.35. The summed E-state index contributed by atoms with van der Waals surface area (Å²) >= 11 is 6.19. The molecule has 9 nitrogen and oxygen atoms in total. The fourth-order valence-corrected chi connectivity index (χ4v) is 4.56. The number of aromatic nitrogens is 2. The Bertz CT molecular complexity index is 1020. The van der Waals surface area contributed by atoms with Crippen molar-refractivity contribution in [1.29, 1.82) is 0 Å². The Morgan fingerprint density at radius 3 is 2.72 bits per heavy atom. The van der Waals surface area contributed by atoms with Gasteiger partial charge in [-0.25, -0.2) is 4.79 Å². The second-order valence-corrected chi connectivity index (χ2v) is 8.63. The number of benzene rings is 1. The Balaban J connectivity index is 1.39. The predicted molar refractivity (Wildman–Crippen MR) is 117 cm³/mol. The van der Waals surface area contributed by atoms with Crippen molar-refractivity contribution < 1.29 is 18.8 Å². The molecule has 0 atom stereocenters. The molecule has 1 aliphatic heterocycles. The van der Waals surface area contributed by atoms with Crippen molar-refractivity contribution in [3.63, 3.8) is 0 Å². The van der Waals surface area contributed by atoms with E-state index >= 15 is 0 Å². The van der Waals surface area contributed by atoms with Gasteiger partial charge in [0.1, 0.15) is 5.54 Å². The number of imide groups is 1. The Labute approximate surface area is 191 Å². The molecule has 2 aromatic rings. The summed E-state index contributed by atoms with van der Waals surface area (Å²) < 4.78 is 5.72. The molecular weight excluding hydrogens is 434 g/mol. The van der Waals surface area contributed by atoms with E-state index in [0.717, 1.165) is 19.3 Å². The zero-order valence-electron chi connectivity index (χ0n) is 18.0. The molecule has 1 spiro atoms. The Kier molecular flexibility index (Phi) is 6.45. The quantitative estimate of drug-likeness (QED) is 0.606. The molecule has 1 N–H and O–H groups in total. The highest BCUT2D eigenvalue weighted by Crippen LogP contribution is 2.35. The van der Waals surface area contributed by atoms with Crippen LogP contribution in [0, 0.1) is 0 Å². The van der Waals surface area contributed by atoms with Crippen LogP contribution in [-0.2, 0) is 16.1 Å². The van der Waals surface area contributed by atoms with Gasteiger partial charge in [-0.2, -0.15) is 0 Å². The molecular formula is C22H26ClN5O4. The molecule has 4 rings (SSSR count). The highest BCUT2D eigenvalue weighted by Gasteiger charge is 2.52. The third-order valence-electron chi connectivity index (χ3n) is 6.00. The highest BCUT2D eigenvalue weighted by atomic mass is 35.5. The Hall–Kier alpha value is -2.94. The number of carbonyl (C=O) groups excluding carboxylic acids is 3. The zero-order chi connectivity index (χ0) is 22.7. The second kappa shape index (κ2) is 9.28. The van der Waals surface area contributed by atoms with Crippen LogP contribution in [0.4, 0.5) is 4.79 Å². The summed E-state index contributed by atoms with van der Waals surface area (Å²) in [4.78, 5) is 40.8. The maximum absolute atomic E-state index is 12.9. The average molecular weight is 460 g/mol. The van der Waals surface area contributed by atoms with Gasteiger partial charge in [0.15, 0.2) is 0 Å². The molecule has 2 fully saturated rings. The summed E-state index contributed by atoms with van der Waals surface area (Å²) in [6.45, 7) is 2.66. The minimum atomic E-state index is -0.762. The van der Waals surface area contributed by atoms with Gasteiger partial charge >= 0.3 is 6.03 Å². The molecule has 2 aliphatic rings. The molecule has 1 aromatic carbocycles. The average Bonchev–Trinajstić information content (AvgIpc) is 3.48. The normalized spacial score (nSPS) is 17.2. The number of nitrogens with one attached hydrogen (secondary N) is 1. The number of hydrogen-bond acceptors (Lipinski definition) is 6. The van der Waals surface area contributed by atoms with Gasteiger partial charge < -0.3 is 14.6 Å². The van der Waals surface area contributed by atoms with Crippen LogP contribution in [0.15, 0.2) is 28.7 Å². The van der Waals surface area contributed by atoms with Crippen LogP contribution in [0.25, 0.3) is 11.5 Å². The van der Waals surface area contributed by atoms with Crippen molar-refractivity contribution in [3.05, 3.63) is 35.2 Å². The summed E-state index contributed by atoms with van der Waals surface area (Å²) in [5.41, 5.74) is -0.136. The van der Waals surface area contributed by atoms with Crippen molar-refractivity contribution in [2.24, 2.45) is 0 Å². The van der Waals surface area contributed by atoms with Crippen LogP contribution in [0.1, 0.15) is 51.3 Å². The zero-order valence-corrected chi connectivity index (χ0v) is 18.7. The van der Waals surface area contributed by atoms with Gasteiger partial charge in [0.25, 0.3) is 5.91 Å². The third kappa shape index (κ3) is 4.34. The smallest absolute Gasteiger partial charge is 0.325 e. The number of halogens is 1. The first-order valence-corrected chi connectivity index (χ1v) is 11.3. The highest BCUT2D eigenvalue weighted by molar-refractivity contribution is 6.33. The van der Waals surface area contributed by atoms with E-state index in [1.54, 1.807) is 17.0 Å². The molecule has 4 amide bonds. The molecule has 1 saturated carbocycles. The largest absolute Gasteiger partial charge is 0.419 e. The van der Waals surface area contributed by atoms with Gasteiger partial charge in [0, 0.05) is 19.5 Å². The molecule has 10 heteroatoms. The van der Waals surface area contributed by atoms with E-state index in [9.17, 15) is 14.4 Å². The first kappa shape index (κ1) is 22.3. The molecule has 32 heavy (non-hydrogen) atoms. The standard InChI is InChI=1S/C22H26ClN5O4/c1-2-12-27(14-17-25-26-19(32-17)15-7-3-4-8-16(15)23)18(29)9-13-28-20(30)22(24-21(28)31)10-5-6-11-22/h3-4,7-8H,2,5-6,9-14H2,1H3,(H,24,31). The summed E-state index contributed by atoms with van der Waals surface area (Å²) in [7, 11) is 0. The number of hydrogen-bond donors (Lipinski definition) is 1. The lowest BCUT2D eigenvalue weighted by Gasteiger charge is -2.22. The van der Waals surface area contributed by atoms with E-state index in [-0.39, 0.29) is 37.2 Å². The van der Waals surface area contributed by atoms with Crippen LogP contribution >= 0.6 is 11.6 Å². The molecule has 0 bridgehead atoms. The first-order valence-electron chi connectivity index (χ1n) is 10.9. The lowest BCUT2D eigenvalue weighted by atomic mass is 9.98. The predicted octanol–water partition coefficient (Wildman–Crippen LogP) is 3.38. The molecule has 170 valence electrons. The van der Waals surface area contributed by atoms with Crippen LogP contribution in [0.5, 0.6) is 0 Å². The van der Waals surface area contributed by atoms with Crippen molar-refractivity contribution in [3.8, 4) is 11.5 Å². The molecule has 1 aliphatic carbocycles. The van der Waals surface area contributed by atoms with Crippen molar-refractivity contribution >= 4 is 29.4 Å². The second-order valence-electron chi connectivity index (χ2n) is 8.22. The number of rotatable bonds is 8. The van der Waals surface area contributed by atoms with Crippen LogP contribution in [0.2, 0.25) is 5.02 Å². The molecule has 1 aromatic heterocycles. The van der Waals surface area contributed by atoms with Crippen molar-refractivity contribution in [1.82, 2.24) is 25.3 Å². The summed E-state index contributed by atoms with van der Waals surface area (Å²) in [6.07, 6.45) is 3.95. The van der Waals surface area contributed by atoms with Crippen molar-refractivity contribution in [2.45, 2.75) is 57.5 Å². The summed E-state index contributed by atoms with van der Waals surface area (Å²) in [5.74, 6) is 0.186. The van der Waals surface area contributed by atoms with Gasteiger partial charge in [-0.15, -0.1) is 10.2 Å². The monoisotopic (exact) mass is 459 g/mol. The van der Waals surface area contributed by atoms with Gasteiger partial charge in [-0.1, -0.05) is 43.5 Å². The number of nitrogens with zero attached hydrogens (tertiary/aromatic N) is 4. The van der Waals surface area contributed by atoms with Crippen molar-refractivity contribution in [2.75, 3.05) is 13.1 Å². The van der Waals surface area contributed by atoms with E-state index in [1.807, 2.05) is 19.1 Å². The van der Waals surface area contributed by atoms with E-state index in [4.69, 9.17) is 16.0 Å². The summed E-state index contributed by atoms with van der Waals surface area (Å²) in [5, 5.41) is 11.4. The Morgan fingerprint density at radius 1 is 1.25 bits per heavy atom. The Morgan fingerprint density at radius 2 is 2.00 bits per heavy atom. The molecule has 2 heterocycles.